The molecule has 1 aromatic carbocycles. The van der Waals surface area contributed by atoms with Gasteiger partial charge in [-0.1, -0.05) is 23.7 Å². The number of anilines is 1. The summed E-state index contributed by atoms with van der Waals surface area (Å²) in [6.45, 7) is 1.92. The van der Waals surface area contributed by atoms with E-state index >= 15 is 0 Å². The number of benzene rings is 1. The molecule has 2 rings (SSSR count). The fourth-order valence-corrected chi connectivity index (χ4v) is 2.08. The summed E-state index contributed by atoms with van der Waals surface area (Å²) in [5.41, 5.74) is 1.71. The molecule has 0 saturated heterocycles. The van der Waals surface area contributed by atoms with Gasteiger partial charge in [-0.15, -0.1) is 0 Å². The molecule has 0 spiro atoms. The molecule has 0 aliphatic carbocycles. The topological polar surface area (TPSA) is 37.8 Å². The second kappa shape index (κ2) is 5.02. The van der Waals surface area contributed by atoms with Crippen LogP contribution in [0, 0.1) is 6.92 Å². The van der Waals surface area contributed by atoms with E-state index in [4.69, 9.17) is 11.6 Å². The number of hydrogen-bond acceptors (Lipinski definition) is 3. The van der Waals surface area contributed by atoms with Gasteiger partial charge >= 0.3 is 0 Å². The maximum atomic E-state index is 6.13. The van der Waals surface area contributed by atoms with E-state index in [1.165, 1.54) is 0 Å². The Morgan fingerprint density at radius 1 is 1.24 bits per heavy atom. The molecule has 0 bridgehead atoms. The van der Waals surface area contributed by atoms with Crippen molar-refractivity contribution in [1.82, 2.24) is 9.97 Å². The van der Waals surface area contributed by atoms with Crippen LogP contribution in [-0.2, 0) is 0 Å². The summed E-state index contributed by atoms with van der Waals surface area (Å²) in [7, 11) is 1.82. The number of nitrogens with zero attached hydrogens (tertiary/aromatic N) is 2. The van der Waals surface area contributed by atoms with E-state index in [9.17, 15) is 0 Å². The van der Waals surface area contributed by atoms with Crippen LogP contribution in [0.3, 0.4) is 0 Å². The van der Waals surface area contributed by atoms with Crippen molar-refractivity contribution in [1.29, 1.82) is 0 Å². The molecule has 0 radical (unpaired) electrons. The zero-order valence-corrected chi connectivity index (χ0v) is 11.8. The first-order valence-corrected chi connectivity index (χ1v) is 6.27. The van der Waals surface area contributed by atoms with E-state index in [0.29, 0.717) is 10.8 Å². The Bertz CT molecular complexity index is 557. The van der Waals surface area contributed by atoms with Gasteiger partial charge in [-0.3, -0.25) is 0 Å². The van der Waals surface area contributed by atoms with Crippen molar-refractivity contribution in [2.75, 3.05) is 12.4 Å². The number of nitrogens with one attached hydrogen (secondary N) is 1. The summed E-state index contributed by atoms with van der Waals surface area (Å²) in [4.78, 5) is 8.86. The van der Waals surface area contributed by atoms with Gasteiger partial charge in [0.1, 0.15) is 5.82 Å². The third-order valence-electron chi connectivity index (χ3n) is 2.37. The second-order valence-electron chi connectivity index (χ2n) is 3.53. The van der Waals surface area contributed by atoms with Gasteiger partial charge in [0.05, 0.1) is 15.2 Å². The van der Waals surface area contributed by atoms with Crippen molar-refractivity contribution in [3.05, 3.63) is 39.5 Å². The lowest BCUT2D eigenvalue weighted by atomic mass is 10.2. The highest BCUT2D eigenvalue weighted by Gasteiger charge is 2.11. The zero-order valence-electron chi connectivity index (χ0n) is 9.46. The fraction of sp³-hybridized carbons (Fsp3) is 0.167. The van der Waals surface area contributed by atoms with Gasteiger partial charge in [0.15, 0.2) is 5.82 Å². The van der Waals surface area contributed by atoms with Crippen LogP contribution < -0.4 is 5.32 Å². The third kappa shape index (κ3) is 2.42. The maximum absolute atomic E-state index is 6.13. The molecule has 0 aliphatic heterocycles. The lowest BCUT2D eigenvalue weighted by molar-refractivity contribution is 1.09. The van der Waals surface area contributed by atoms with Crippen LogP contribution in [0.15, 0.2) is 28.7 Å². The van der Waals surface area contributed by atoms with Crippen LogP contribution in [-0.4, -0.2) is 17.0 Å². The summed E-state index contributed by atoms with van der Waals surface area (Å²) in [6, 6.07) is 7.54. The zero-order chi connectivity index (χ0) is 12.4. The van der Waals surface area contributed by atoms with Gasteiger partial charge in [0.25, 0.3) is 0 Å². The van der Waals surface area contributed by atoms with Crippen LogP contribution in [0.4, 0.5) is 5.82 Å². The molecule has 0 aliphatic rings. The largest absolute Gasteiger partial charge is 0.372 e. The number of rotatable bonds is 2. The standard InChI is InChI=1S/C12H11BrClN3/c1-7-10(13)12(15-2)17-11(16-7)8-5-3-4-6-9(8)14/h3-6H,1-2H3,(H,15,16,17). The smallest absolute Gasteiger partial charge is 0.163 e. The first-order chi connectivity index (χ1) is 8.13. The Labute approximate surface area is 113 Å². The van der Waals surface area contributed by atoms with E-state index < -0.39 is 0 Å². The highest BCUT2D eigenvalue weighted by atomic mass is 79.9. The SMILES string of the molecule is CNc1nc(-c2ccccc2Cl)nc(C)c1Br. The molecule has 0 fully saturated rings. The minimum absolute atomic E-state index is 0.626. The first-order valence-electron chi connectivity index (χ1n) is 5.10. The maximum Gasteiger partial charge on any atom is 0.163 e. The van der Waals surface area contributed by atoms with Crippen LogP contribution in [0.25, 0.3) is 11.4 Å². The Hall–Kier alpha value is -1.13. The first kappa shape index (κ1) is 12.3. The lowest BCUT2D eigenvalue weighted by Gasteiger charge is -2.09. The molecule has 1 aromatic heterocycles. The fourth-order valence-electron chi connectivity index (χ4n) is 1.49. The van der Waals surface area contributed by atoms with E-state index in [1.807, 2.05) is 38.2 Å². The van der Waals surface area contributed by atoms with Gasteiger partial charge in [0, 0.05) is 12.6 Å². The third-order valence-corrected chi connectivity index (χ3v) is 3.65. The van der Waals surface area contributed by atoms with Gasteiger partial charge in [-0.25, -0.2) is 9.97 Å². The normalized spacial score (nSPS) is 10.4. The predicted octanol–water partition coefficient (Wildman–Crippen LogP) is 3.91. The predicted molar refractivity (Wildman–Crippen MR) is 74.5 cm³/mol. The molecule has 2 aromatic rings. The lowest BCUT2D eigenvalue weighted by Crippen LogP contribution is -2.00. The minimum Gasteiger partial charge on any atom is -0.372 e. The molecule has 1 heterocycles. The molecule has 0 saturated carbocycles. The molecule has 88 valence electrons. The highest BCUT2D eigenvalue weighted by molar-refractivity contribution is 9.10. The molecular weight excluding hydrogens is 302 g/mol. The van der Waals surface area contributed by atoms with E-state index in [1.54, 1.807) is 0 Å². The Morgan fingerprint density at radius 3 is 2.59 bits per heavy atom. The summed E-state index contributed by atoms with van der Waals surface area (Å²) in [6.07, 6.45) is 0. The van der Waals surface area contributed by atoms with Gasteiger partial charge in [-0.2, -0.15) is 0 Å². The molecule has 5 heteroatoms. The quantitative estimate of drug-likeness (QED) is 0.913. The van der Waals surface area contributed by atoms with Gasteiger partial charge in [-0.05, 0) is 35.0 Å². The second-order valence-corrected chi connectivity index (χ2v) is 4.73. The van der Waals surface area contributed by atoms with Crippen molar-refractivity contribution < 1.29 is 0 Å². The Balaban J connectivity index is 2.61. The molecule has 0 atom stereocenters. The van der Waals surface area contributed by atoms with Crippen molar-refractivity contribution in [3.63, 3.8) is 0 Å². The van der Waals surface area contributed by atoms with Gasteiger partial charge in [0.2, 0.25) is 0 Å². The Kier molecular flexibility index (Phi) is 3.64. The van der Waals surface area contributed by atoms with Crippen molar-refractivity contribution in [2.24, 2.45) is 0 Å². The molecule has 3 nitrogen and oxygen atoms in total. The van der Waals surface area contributed by atoms with Crippen molar-refractivity contribution in [3.8, 4) is 11.4 Å². The average molecular weight is 313 g/mol. The monoisotopic (exact) mass is 311 g/mol. The van der Waals surface area contributed by atoms with Crippen molar-refractivity contribution >= 4 is 33.3 Å². The highest BCUT2D eigenvalue weighted by Crippen LogP contribution is 2.29. The molecule has 17 heavy (non-hydrogen) atoms. The molecule has 0 amide bonds. The number of aryl methyl sites for hydroxylation is 1. The van der Waals surface area contributed by atoms with Crippen LogP contribution >= 0.6 is 27.5 Å². The number of hydrogen-bond donors (Lipinski definition) is 1. The van der Waals surface area contributed by atoms with E-state index in [-0.39, 0.29) is 0 Å². The Morgan fingerprint density at radius 2 is 1.94 bits per heavy atom. The summed E-state index contributed by atoms with van der Waals surface area (Å²) < 4.78 is 0.871. The molecular formula is C12H11BrClN3. The summed E-state index contributed by atoms with van der Waals surface area (Å²) >= 11 is 9.58. The number of aromatic nitrogens is 2. The summed E-state index contributed by atoms with van der Waals surface area (Å²) in [5, 5.41) is 3.67. The van der Waals surface area contributed by atoms with E-state index in [2.05, 4.69) is 31.2 Å². The molecule has 0 unspecified atom stereocenters. The van der Waals surface area contributed by atoms with Crippen LogP contribution in [0.5, 0.6) is 0 Å². The minimum atomic E-state index is 0.626. The van der Waals surface area contributed by atoms with Crippen molar-refractivity contribution in [2.45, 2.75) is 6.92 Å². The number of halogens is 2. The average Bonchev–Trinajstić information content (AvgIpc) is 2.33. The van der Waals surface area contributed by atoms with Crippen LogP contribution in [0.2, 0.25) is 5.02 Å². The summed E-state index contributed by atoms with van der Waals surface area (Å²) in [5.74, 6) is 1.38. The van der Waals surface area contributed by atoms with Crippen LogP contribution in [0.1, 0.15) is 5.69 Å². The van der Waals surface area contributed by atoms with Gasteiger partial charge < -0.3 is 5.32 Å². The van der Waals surface area contributed by atoms with E-state index in [0.717, 1.165) is 21.5 Å². The molecule has 1 N–H and O–H groups in total.